The summed E-state index contributed by atoms with van der Waals surface area (Å²) in [5.74, 6) is -0.582. The van der Waals surface area contributed by atoms with E-state index >= 15 is 0 Å². The molecule has 2 amide bonds. The van der Waals surface area contributed by atoms with Gasteiger partial charge >= 0.3 is 12.0 Å². The molecule has 0 radical (unpaired) electrons. The number of para-hydroxylation sites is 1. The SMILES string of the molecule is CCOC(=O)C1CCN(C(=O)NC(C)COc2ccccc2F)CC1. The molecule has 1 aromatic rings. The summed E-state index contributed by atoms with van der Waals surface area (Å²) in [4.78, 5) is 25.6. The van der Waals surface area contributed by atoms with Crippen LogP contribution in [0.25, 0.3) is 0 Å². The molecule has 2 rings (SSSR count). The molecule has 1 fully saturated rings. The topological polar surface area (TPSA) is 67.9 Å². The summed E-state index contributed by atoms with van der Waals surface area (Å²) in [6.45, 7) is 5.15. The summed E-state index contributed by atoms with van der Waals surface area (Å²) < 4.78 is 23.9. The number of piperidine rings is 1. The number of esters is 1. The van der Waals surface area contributed by atoms with Crippen LogP contribution in [-0.4, -0.2) is 49.2 Å². The number of urea groups is 1. The van der Waals surface area contributed by atoms with E-state index in [0.717, 1.165) is 0 Å². The summed E-state index contributed by atoms with van der Waals surface area (Å²) in [6.07, 6.45) is 1.21. The Balaban J connectivity index is 1.73. The molecule has 0 spiro atoms. The minimum Gasteiger partial charge on any atom is -0.488 e. The average Bonchev–Trinajstić information content (AvgIpc) is 2.61. The number of carbonyl (C=O) groups excluding carboxylic acids is 2. The number of benzene rings is 1. The number of likely N-dealkylation sites (tertiary alicyclic amines) is 1. The fraction of sp³-hybridized carbons (Fsp3) is 0.556. The van der Waals surface area contributed by atoms with Crippen molar-refractivity contribution in [2.75, 3.05) is 26.3 Å². The maximum absolute atomic E-state index is 13.5. The summed E-state index contributed by atoms with van der Waals surface area (Å²) in [5.41, 5.74) is 0. The number of carbonyl (C=O) groups is 2. The maximum Gasteiger partial charge on any atom is 0.317 e. The maximum atomic E-state index is 13.5. The first-order valence-corrected chi connectivity index (χ1v) is 8.60. The van der Waals surface area contributed by atoms with Crippen LogP contribution in [0.5, 0.6) is 5.75 Å². The van der Waals surface area contributed by atoms with Crippen molar-refractivity contribution in [2.45, 2.75) is 32.7 Å². The van der Waals surface area contributed by atoms with Gasteiger partial charge in [-0.05, 0) is 38.8 Å². The predicted molar refractivity (Wildman–Crippen MR) is 90.8 cm³/mol. The molecule has 0 bridgehead atoms. The van der Waals surface area contributed by atoms with E-state index < -0.39 is 5.82 Å². The lowest BCUT2D eigenvalue weighted by molar-refractivity contribution is -0.149. The molecule has 6 nitrogen and oxygen atoms in total. The number of nitrogens with zero attached hydrogens (tertiary/aromatic N) is 1. The van der Waals surface area contributed by atoms with Crippen molar-refractivity contribution < 1.29 is 23.5 Å². The van der Waals surface area contributed by atoms with Gasteiger partial charge in [0.15, 0.2) is 11.6 Å². The van der Waals surface area contributed by atoms with Gasteiger partial charge in [0.25, 0.3) is 0 Å². The lowest BCUT2D eigenvalue weighted by Crippen LogP contribution is -2.49. The molecule has 1 aromatic carbocycles. The highest BCUT2D eigenvalue weighted by atomic mass is 19.1. The van der Waals surface area contributed by atoms with E-state index in [0.29, 0.717) is 32.5 Å². The lowest BCUT2D eigenvalue weighted by atomic mass is 9.97. The van der Waals surface area contributed by atoms with Crippen molar-refractivity contribution in [3.8, 4) is 5.75 Å². The van der Waals surface area contributed by atoms with Crippen LogP contribution in [0.4, 0.5) is 9.18 Å². The lowest BCUT2D eigenvalue weighted by Gasteiger charge is -2.31. The van der Waals surface area contributed by atoms with Crippen LogP contribution in [0.2, 0.25) is 0 Å². The molecule has 1 N–H and O–H groups in total. The Morgan fingerprint density at radius 2 is 2.00 bits per heavy atom. The van der Waals surface area contributed by atoms with Crippen LogP contribution in [0.3, 0.4) is 0 Å². The molecule has 0 aromatic heterocycles. The Hall–Kier alpha value is -2.31. The van der Waals surface area contributed by atoms with Gasteiger partial charge in [-0.1, -0.05) is 12.1 Å². The van der Waals surface area contributed by atoms with Crippen LogP contribution in [0.15, 0.2) is 24.3 Å². The molecule has 0 saturated carbocycles. The van der Waals surface area contributed by atoms with Crippen molar-refractivity contribution in [3.63, 3.8) is 0 Å². The summed E-state index contributed by atoms with van der Waals surface area (Å²) >= 11 is 0. The van der Waals surface area contributed by atoms with Gasteiger partial charge in [0.05, 0.1) is 18.6 Å². The Morgan fingerprint density at radius 3 is 2.64 bits per heavy atom. The number of nitrogens with one attached hydrogen (secondary N) is 1. The van der Waals surface area contributed by atoms with Gasteiger partial charge in [-0.25, -0.2) is 9.18 Å². The van der Waals surface area contributed by atoms with Crippen molar-refractivity contribution >= 4 is 12.0 Å². The van der Waals surface area contributed by atoms with Crippen molar-refractivity contribution in [2.24, 2.45) is 5.92 Å². The van der Waals surface area contributed by atoms with Gasteiger partial charge in [0, 0.05) is 13.1 Å². The molecule has 1 atom stereocenters. The zero-order chi connectivity index (χ0) is 18.2. The van der Waals surface area contributed by atoms with Crippen molar-refractivity contribution in [1.82, 2.24) is 10.2 Å². The van der Waals surface area contributed by atoms with E-state index in [9.17, 15) is 14.0 Å². The third-order valence-corrected chi connectivity index (χ3v) is 4.10. The Morgan fingerprint density at radius 1 is 1.32 bits per heavy atom. The first-order valence-electron chi connectivity index (χ1n) is 8.60. The number of amides is 2. The van der Waals surface area contributed by atoms with E-state index in [4.69, 9.17) is 9.47 Å². The van der Waals surface area contributed by atoms with E-state index in [1.807, 2.05) is 0 Å². The number of rotatable bonds is 6. The molecule has 138 valence electrons. The fourth-order valence-electron chi connectivity index (χ4n) is 2.70. The number of halogens is 1. The minimum atomic E-state index is -0.429. The zero-order valence-corrected chi connectivity index (χ0v) is 14.7. The molecule has 1 heterocycles. The Labute approximate surface area is 147 Å². The highest BCUT2D eigenvalue weighted by Gasteiger charge is 2.28. The zero-order valence-electron chi connectivity index (χ0n) is 14.7. The molecular weight excluding hydrogens is 327 g/mol. The molecule has 1 aliphatic heterocycles. The summed E-state index contributed by atoms with van der Waals surface area (Å²) in [5, 5.41) is 2.83. The summed E-state index contributed by atoms with van der Waals surface area (Å²) in [6, 6.07) is 5.68. The summed E-state index contributed by atoms with van der Waals surface area (Å²) in [7, 11) is 0. The molecule has 7 heteroatoms. The van der Waals surface area contributed by atoms with Gasteiger partial charge in [-0.3, -0.25) is 4.79 Å². The van der Waals surface area contributed by atoms with Gasteiger partial charge in [-0.2, -0.15) is 0 Å². The third kappa shape index (κ3) is 5.62. The van der Waals surface area contributed by atoms with Crippen LogP contribution in [0, 0.1) is 11.7 Å². The van der Waals surface area contributed by atoms with E-state index in [1.54, 1.807) is 36.9 Å². The normalized spacial score (nSPS) is 16.2. The first kappa shape index (κ1) is 19.0. The number of hydrogen-bond donors (Lipinski definition) is 1. The molecule has 1 unspecified atom stereocenters. The molecule has 1 aliphatic rings. The Kier molecular flexibility index (Phi) is 7.03. The fourth-order valence-corrected chi connectivity index (χ4v) is 2.70. The van der Waals surface area contributed by atoms with Gasteiger partial charge in [-0.15, -0.1) is 0 Å². The van der Waals surface area contributed by atoms with Crippen molar-refractivity contribution in [1.29, 1.82) is 0 Å². The second-order valence-corrected chi connectivity index (χ2v) is 6.11. The average molecular weight is 352 g/mol. The smallest absolute Gasteiger partial charge is 0.317 e. The highest BCUT2D eigenvalue weighted by molar-refractivity contribution is 5.76. The molecule has 25 heavy (non-hydrogen) atoms. The minimum absolute atomic E-state index is 0.134. The highest BCUT2D eigenvalue weighted by Crippen LogP contribution is 2.19. The van der Waals surface area contributed by atoms with Crippen LogP contribution < -0.4 is 10.1 Å². The number of ether oxygens (including phenoxy) is 2. The van der Waals surface area contributed by atoms with E-state index in [-0.39, 0.29) is 36.3 Å². The molecule has 0 aliphatic carbocycles. The molecular formula is C18H25FN2O4. The monoisotopic (exact) mass is 352 g/mol. The standard InChI is InChI=1S/C18H25FN2O4/c1-3-24-17(22)14-8-10-21(11-9-14)18(23)20-13(2)12-25-16-7-5-4-6-15(16)19/h4-7,13-14H,3,8-12H2,1-2H3,(H,20,23). The van der Waals surface area contributed by atoms with Gasteiger partial charge in [0.2, 0.25) is 0 Å². The second-order valence-electron chi connectivity index (χ2n) is 6.11. The predicted octanol–water partition coefficient (Wildman–Crippen LogP) is 2.58. The quantitative estimate of drug-likeness (QED) is 0.799. The largest absolute Gasteiger partial charge is 0.488 e. The number of hydrogen-bond acceptors (Lipinski definition) is 4. The first-order chi connectivity index (χ1) is 12.0. The van der Waals surface area contributed by atoms with Gasteiger partial charge < -0.3 is 19.7 Å². The van der Waals surface area contributed by atoms with Crippen LogP contribution in [-0.2, 0) is 9.53 Å². The van der Waals surface area contributed by atoms with Crippen LogP contribution in [0.1, 0.15) is 26.7 Å². The van der Waals surface area contributed by atoms with Gasteiger partial charge in [0.1, 0.15) is 6.61 Å². The van der Waals surface area contributed by atoms with Crippen molar-refractivity contribution in [3.05, 3.63) is 30.1 Å². The Bertz CT molecular complexity index is 588. The molecule has 1 saturated heterocycles. The third-order valence-electron chi connectivity index (χ3n) is 4.10. The second kappa shape index (κ2) is 9.25. The van der Waals surface area contributed by atoms with E-state index in [1.165, 1.54) is 6.07 Å². The van der Waals surface area contributed by atoms with E-state index in [2.05, 4.69) is 5.32 Å². The van der Waals surface area contributed by atoms with Crippen LogP contribution >= 0.6 is 0 Å².